The summed E-state index contributed by atoms with van der Waals surface area (Å²) in [6.45, 7) is 0. The summed E-state index contributed by atoms with van der Waals surface area (Å²) in [7, 11) is 0. The van der Waals surface area contributed by atoms with Crippen LogP contribution < -0.4 is 10.3 Å². The van der Waals surface area contributed by atoms with Crippen molar-refractivity contribution in [3.05, 3.63) is 160 Å². The Labute approximate surface area is 377 Å². The average molecular weight is 915 g/mol. The van der Waals surface area contributed by atoms with Crippen molar-refractivity contribution < 1.29 is 41.9 Å². The topological polar surface area (TPSA) is 146 Å². The summed E-state index contributed by atoms with van der Waals surface area (Å²) in [6.07, 6.45) is -2.25. The van der Waals surface area contributed by atoms with E-state index in [1.165, 1.54) is 11.0 Å². The molecule has 0 spiro atoms. The fourth-order valence-corrected chi connectivity index (χ4v) is 11.0. The lowest BCUT2D eigenvalue weighted by Crippen LogP contribution is -2.53. The van der Waals surface area contributed by atoms with Gasteiger partial charge in [0.25, 0.3) is 11.8 Å². The molecule has 4 aliphatic rings. The number of carbonyl (C=O) groups is 4. The van der Waals surface area contributed by atoms with Gasteiger partial charge in [-0.2, -0.15) is 18.2 Å². The van der Waals surface area contributed by atoms with Gasteiger partial charge in [-0.1, -0.05) is 89.4 Å². The molecule has 5 aromatic carbocycles. The number of imide groups is 2. The molecule has 4 amide bonds. The molecule has 2 saturated heterocycles. The highest BCUT2D eigenvalue weighted by molar-refractivity contribution is 6.33. The highest BCUT2D eigenvalue weighted by atomic mass is 35.5. The third kappa shape index (κ3) is 6.10. The van der Waals surface area contributed by atoms with Crippen LogP contribution in [0.15, 0.2) is 138 Å². The Kier molecular flexibility index (Phi) is 9.25. The summed E-state index contributed by atoms with van der Waals surface area (Å²) in [4.78, 5) is 69.9. The number of fused-ring (bicyclic) bond motifs is 6. The van der Waals surface area contributed by atoms with Crippen LogP contribution in [-0.4, -0.2) is 43.7 Å². The van der Waals surface area contributed by atoms with Gasteiger partial charge in [0.2, 0.25) is 17.7 Å². The first-order chi connectivity index (χ1) is 31.2. The molecule has 11 nitrogen and oxygen atoms in total. The number of hydrazine groups is 1. The number of pyridine rings is 1. The second kappa shape index (κ2) is 14.8. The maximum Gasteiger partial charge on any atom is 0.417 e. The summed E-state index contributed by atoms with van der Waals surface area (Å²) in [5, 5.41) is 12.8. The molecule has 6 unspecified atom stereocenters. The van der Waals surface area contributed by atoms with Gasteiger partial charge in [0, 0.05) is 28.1 Å². The van der Waals surface area contributed by atoms with E-state index in [-0.39, 0.29) is 24.4 Å². The predicted octanol–water partition coefficient (Wildman–Crippen LogP) is 10.3. The molecule has 1 saturated carbocycles. The lowest BCUT2D eigenvalue weighted by Gasteiger charge is -2.51. The van der Waals surface area contributed by atoms with Crippen LogP contribution in [0.2, 0.25) is 10.0 Å². The van der Waals surface area contributed by atoms with E-state index >= 15 is 9.59 Å². The number of hydrogen-bond acceptors (Lipinski definition) is 9. The van der Waals surface area contributed by atoms with E-state index in [0.29, 0.717) is 73.0 Å². The number of aromatic hydroxyl groups is 1. The molecule has 2 aliphatic carbocycles. The summed E-state index contributed by atoms with van der Waals surface area (Å²) in [6, 6.07) is 31.5. The molecule has 2 N–H and O–H groups in total. The molecule has 7 aromatic rings. The number of nitrogens with one attached hydrogen (secondary N) is 1. The number of allylic oxidation sites excluding steroid dienone is 2. The van der Waals surface area contributed by atoms with E-state index in [0.717, 1.165) is 5.01 Å². The van der Waals surface area contributed by atoms with Gasteiger partial charge in [-0.3, -0.25) is 29.5 Å². The summed E-state index contributed by atoms with van der Waals surface area (Å²) >= 11 is 12.8. The molecule has 3 fully saturated rings. The summed E-state index contributed by atoms with van der Waals surface area (Å²) in [5.74, 6) is -7.12. The van der Waals surface area contributed by atoms with E-state index in [9.17, 15) is 27.9 Å². The monoisotopic (exact) mass is 913 g/mol. The number of para-hydroxylation sites is 2. The molecule has 4 heterocycles. The highest BCUT2D eigenvalue weighted by Crippen LogP contribution is 2.65. The number of carbonyl (C=O) groups excluding carboxylic acids is 4. The van der Waals surface area contributed by atoms with Crippen molar-refractivity contribution in [2.24, 2.45) is 23.7 Å². The number of phenolic OH excluding ortho intramolecular Hbond substituents is 1. The number of aromatic nitrogens is 2. The van der Waals surface area contributed by atoms with E-state index < -0.39 is 75.4 Å². The molecule has 324 valence electrons. The van der Waals surface area contributed by atoms with Crippen molar-refractivity contribution >= 4 is 80.2 Å². The van der Waals surface area contributed by atoms with Crippen LogP contribution in [-0.2, 0) is 30.8 Å². The SMILES string of the molecule is O=C1C2CC3C(=CCC4C(=O)N(c5ccc(-c6nc7ccccc7o6)cc5)C(=O)C43)C(c3ccc(O)c4ccccc34)C2(c2ccc(Cl)cc2)C(=O)N1Nc1ncc(C(F)(F)F)cc1Cl. The number of rotatable bonds is 6. The number of nitrogens with zero attached hydrogens (tertiary/aromatic N) is 4. The van der Waals surface area contributed by atoms with Crippen LogP contribution >= 0.6 is 23.2 Å². The second-order valence-corrected chi connectivity index (χ2v) is 17.5. The van der Waals surface area contributed by atoms with Crippen molar-refractivity contribution in [2.45, 2.75) is 30.4 Å². The van der Waals surface area contributed by atoms with Crippen LogP contribution in [0.1, 0.15) is 35.4 Å². The Morgan fingerprint density at radius 2 is 1.54 bits per heavy atom. The number of benzene rings is 5. The normalized spacial score (nSPS) is 24.1. The standard InChI is InChI=1S/C49H32Cl2F3N5O6/c50-27-13-11-25(12-14-27)48-35(45(62)59(47(48)64)57-42-36(51)21-26(23-55-42)49(52,53)54)22-34-32(41(48)31-19-20-38(60)30-6-2-1-5-29(30)31)17-18-33-40(34)46(63)58(44(33)61)28-15-9-24(10-16-28)43-56-37-7-3-4-8-39(37)65-43/h1-17,19-21,23,33-35,40-41,60H,18,22H2,(H,55,57). The van der Waals surface area contributed by atoms with Crippen molar-refractivity contribution in [1.82, 2.24) is 15.0 Å². The minimum Gasteiger partial charge on any atom is -0.507 e. The zero-order valence-corrected chi connectivity index (χ0v) is 35.1. The highest BCUT2D eigenvalue weighted by Gasteiger charge is 2.70. The fraction of sp³-hybridized carbons (Fsp3) is 0.184. The van der Waals surface area contributed by atoms with Gasteiger partial charge in [0.05, 0.1) is 39.4 Å². The maximum atomic E-state index is 15.7. The van der Waals surface area contributed by atoms with Crippen molar-refractivity contribution in [3.63, 3.8) is 0 Å². The molecule has 65 heavy (non-hydrogen) atoms. The first-order valence-corrected chi connectivity index (χ1v) is 21.4. The molecule has 0 bridgehead atoms. The first kappa shape index (κ1) is 40.7. The van der Waals surface area contributed by atoms with Gasteiger partial charge < -0.3 is 9.52 Å². The smallest absolute Gasteiger partial charge is 0.417 e. The number of amides is 4. The number of oxazole rings is 1. The molecular weight excluding hydrogens is 882 g/mol. The molecule has 2 aliphatic heterocycles. The predicted molar refractivity (Wildman–Crippen MR) is 234 cm³/mol. The summed E-state index contributed by atoms with van der Waals surface area (Å²) < 4.78 is 46.9. The molecule has 16 heteroatoms. The van der Waals surface area contributed by atoms with Gasteiger partial charge in [-0.15, -0.1) is 0 Å². The third-order valence-corrected chi connectivity index (χ3v) is 14.0. The number of hydrogen-bond donors (Lipinski definition) is 2. The third-order valence-electron chi connectivity index (χ3n) is 13.5. The Morgan fingerprint density at radius 3 is 2.26 bits per heavy atom. The lowest BCUT2D eigenvalue weighted by molar-refractivity contribution is -0.139. The van der Waals surface area contributed by atoms with Crippen molar-refractivity contribution in [3.8, 4) is 17.2 Å². The van der Waals surface area contributed by atoms with E-state index in [1.54, 1.807) is 84.9 Å². The van der Waals surface area contributed by atoms with Gasteiger partial charge in [-0.25, -0.2) is 9.97 Å². The van der Waals surface area contributed by atoms with E-state index in [1.807, 2.05) is 24.3 Å². The van der Waals surface area contributed by atoms with Crippen LogP contribution in [0, 0.1) is 23.7 Å². The van der Waals surface area contributed by atoms with E-state index in [2.05, 4.69) is 15.4 Å². The van der Waals surface area contributed by atoms with Crippen LogP contribution in [0.5, 0.6) is 5.75 Å². The molecule has 2 aromatic heterocycles. The number of alkyl halides is 3. The van der Waals surface area contributed by atoms with E-state index in [4.69, 9.17) is 27.6 Å². The second-order valence-electron chi connectivity index (χ2n) is 16.7. The number of anilines is 2. The minimum atomic E-state index is -4.77. The zero-order chi connectivity index (χ0) is 45.1. The van der Waals surface area contributed by atoms with Gasteiger partial charge in [0.15, 0.2) is 11.4 Å². The van der Waals surface area contributed by atoms with Crippen LogP contribution in [0.3, 0.4) is 0 Å². The van der Waals surface area contributed by atoms with Crippen LogP contribution in [0.4, 0.5) is 24.7 Å². The Hall–Kier alpha value is -7.03. The minimum absolute atomic E-state index is 0.0269. The van der Waals surface area contributed by atoms with Crippen molar-refractivity contribution in [2.75, 3.05) is 10.3 Å². The first-order valence-electron chi connectivity index (χ1n) is 20.6. The molecule has 0 radical (unpaired) electrons. The quantitative estimate of drug-likeness (QED) is 0.123. The van der Waals surface area contributed by atoms with Gasteiger partial charge in [0.1, 0.15) is 11.3 Å². The fourth-order valence-electron chi connectivity index (χ4n) is 10.7. The average Bonchev–Trinajstić information content (AvgIpc) is 3.92. The Balaban J connectivity index is 1.05. The molecular formula is C49H32Cl2F3N5O6. The van der Waals surface area contributed by atoms with Gasteiger partial charge >= 0.3 is 6.18 Å². The Bertz CT molecular complexity index is 3180. The maximum absolute atomic E-state index is 15.7. The van der Waals surface area contributed by atoms with Crippen molar-refractivity contribution in [1.29, 1.82) is 0 Å². The molecule has 6 atom stereocenters. The zero-order valence-electron chi connectivity index (χ0n) is 33.6. The number of halogens is 5. The lowest BCUT2D eigenvalue weighted by atomic mass is 9.49. The Morgan fingerprint density at radius 1 is 0.815 bits per heavy atom. The largest absolute Gasteiger partial charge is 0.507 e. The summed E-state index contributed by atoms with van der Waals surface area (Å²) in [5.41, 5.74) is 3.63. The number of phenols is 1. The molecule has 11 rings (SSSR count). The van der Waals surface area contributed by atoms with Crippen LogP contribution in [0.25, 0.3) is 33.3 Å². The van der Waals surface area contributed by atoms with Gasteiger partial charge in [-0.05, 0) is 95.9 Å².